The molecule has 0 atom stereocenters. The first kappa shape index (κ1) is 12.3. The van der Waals surface area contributed by atoms with Gasteiger partial charge in [-0.25, -0.2) is 8.78 Å². The van der Waals surface area contributed by atoms with E-state index in [-0.39, 0.29) is 25.6 Å². The summed E-state index contributed by atoms with van der Waals surface area (Å²) in [6, 6.07) is 0. The molecule has 0 aromatic heterocycles. The van der Waals surface area contributed by atoms with Gasteiger partial charge in [0.25, 0.3) is 5.92 Å². The maximum Gasteiger partial charge on any atom is 0.288 e. The highest BCUT2D eigenvalue weighted by Crippen LogP contribution is 2.18. The molecule has 4 nitrogen and oxygen atoms in total. The van der Waals surface area contributed by atoms with Crippen LogP contribution in [-0.4, -0.2) is 68.6 Å². The molecular formula is C9H16F2N2O2. The fraction of sp³-hybridized carbons (Fsp3) is 0.889. The quantitative estimate of drug-likeness (QED) is 0.661. The minimum Gasteiger partial charge on any atom is -0.373 e. The molecule has 1 aliphatic heterocycles. The SMILES string of the molecule is CN(C)CC(=O)N1CCOCC(F)(F)C1. The molecule has 0 N–H and O–H groups in total. The maximum absolute atomic E-state index is 13.1. The van der Waals surface area contributed by atoms with Gasteiger partial charge in [-0.15, -0.1) is 0 Å². The summed E-state index contributed by atoms with van der Waals surface area (Å²) in [7, 11) is 3.45. The third-order valence-corrected chi connectivity index (χ3v) is 2.05. The van der Waals surface area contributed by atoms with E-state index < -0.39 is 19.1 Å². The minimum absolute atomic E-state index is 0.149. The molecule has 1 amide bonds. The van der Waals surface area contributed by atoms with Gasteiger partial charge in [0.1, 0.15) is 6.61 Å². The van der Waals surface area contributed by atoms with E-state index >= 15 is 0 Å². The van der Waals surface area contributed by atoms with Crippen LogP contribution in [0.4, 0.5) is 8.78 Å². The van der Waals surface area contributed by atoms with Gasteiger partial charge in [0.15, 0.2) is 0 Å². The summed E-state index contributed by atoms with van der Waals surface area (Å²) in [6.45, 7) is -0.578. The predicted octanol–water partition coefficient (Wildman–Crippen LogP) is 0.0421. The standard InChI is InChI=1S/C9H16F2N2O2/c1-12(2)5-8(14)13-3-4-15-7-9(10,11)6-13/h3-7H2,1-2H3. The molecule has 0 spiro atoms. The summed E-state index contributed by atoms with van der Waals surface area (Å²) in [5, 5.41) is 0. The van der Waals surface area contributed by atoms with Gasteiger partial charge in [0, 0.05) is 6.54 Å². The van der Waals surface area contributed by atoms with Crippen LogP contribution >= 0.6 is 0 Å². The largest absolute Gasteiger partial charge is 0.373 e. The summed E-state index contributed by atoms with van der Waals surface area (Å²) in [4.78, 5) is 14.4. The first-order valence-corrected chi connectivity index (χ1v) is 4.79. The van der Waals surface area contributed by atoms with Crippen molar-refractivity contribution in [2.24, 2.45) is 0 Å². The Hall–Kier alpha value is -0.750. The Labute approximate surface area is 87.8 Å². The van der Waals surface area contributed by atoms with E-state index in [4.69, 9.17) is 4.74 Å². The van der Waals surface area contributed by atoms with Gasteiger partial charge in [0.05, 0.1) is 19.7 Å². The Balaban J connectivity index is 2.56. The Bertz CT molecular complexity index is 234. The zero-order chi connectivity index (χ0) is 11.5. The summed E-state index contributed by atoms with van der Waals surface area (Å²) >= 11 is 0. The molecule has 0 bridgehead atoms. The fourth-order valence-electron chi connectivity index (χ4n) is 1.38. The topological polar surface area (TPSA) is 32.8 Å². The lowest BCUT2D eigenvalue weighted by molar-refractivity contribution is -0.136. The monoisotopic (exact) mass is 222 g/mol. The van der Waals surface area contributed by atoms with Gasteiger partial charge >= 0.3 is 0 Å². The molecule has 0 aromatic rings. The zero-order valence-electron chi connectivity index (χ0n) is 9.00. The lowest BCUT2D eigenvalue weighted by Gasteiger charge is -2.24. The first-order chi connectivity index (χ1) is 6.91. The third-order valence-electron chi connectivity index (χ3n) is 2.05. The van der Waals surface area contributed by atoms with Gasteiger partial charge in [-0.3, -0.25) is 4.79 Å². The highest BCUT2D eigenvalue weighted by molar-refractivity contribution is 5.78. The van der Waals surface area contributed by atoms with Crippen molar-refractivity contribution in [3.8, 4) is 0 Å². The average molecular weight is 222 g/mol. The van der Waals surface area contributed by atoms with Crippen LogP contribution in [0.2, 0.25) is 0 Å². The van der Waals surface area contributed by atoms with E-state index in [1.54, 1.807) is 19.0 Å². The molecular weight excluding hydrogens is 206 g/mol. The molecule has 1 aliphatic rings. The van der Waals surface area contributed by atoms with Gasteiger partial charge in [-0.1, -0.05) is 0 Å². The number of likely N-dealkylation sites (N-methyl/N-ethyl adjacent to an activating group) is 1. The van der Waals surface area contributed by atoms with Gasteiger partial charge in [0.2, 0.25) is 5.91 Å². The number of nitrogens with zero attached hydrogens (tertiary/aromatic N) is 2. The number of halogens is 2. The number of hydrogen-bond acceptors (Lipinski definition) is 3. The van der Waals surface area contributed by atoms with Crippen molar-refractivity contribution in [2.75, 3.05) is 46.9 Å². The van der Waals surface area contributed by atoms with Crippen LogP contribution in [0.25, 0.3) is 0 Å². The molecule has 0 radical (unpaired) electrons. The summed E-state index contributed by atoms with van der Waals surface area (Å²) in [5.41, 5.74) is 0. The van der Waals surface area contributed by atoms with E-state index in [9.17, 15) is 13.6 Å². The van der Waals surface area contributed by atoms with E-state index in [0.717, 1.165) is 4.90 Å². The fourth-order valence-corrected chi connectivity index (χ4v) is 1.38. The van der Waals surface area contributed by atoms with Gasteiger partial charge in [-0.05, 0) is 14.1 Å². The summed E-state index contributed by atoms with van der Waals surface area (Å²) in [5.74, 6) is -3.22. The minimum atomic E-state index is -2.93. The van der Waals surface area contributed by atoms with Crippen LogP contribution in [0.15, 0.2) is 0 Å². The van der Waals surface area contributed by atoms with Crippen LogP contribution in [0.3, 0.4) is 0 Å². The van der Waals surface area contributed by atoms with Crippen LogP contribution < -0.4 is 0 Å². The Morgan fingerprint density at radius 2 is 2.20 bits per heavy atom. The molecule has 1 saturated heterocycles. The van der Waals surface area contributed by atoms with Gasteiger partial charge in [-0.2, -0.15) is 0 Å². The first-order valence-electron chi connectivity index (χ1n) is 4.79. The second-order valence-electron chi connectivity index (χ2n) is 3.96. The van der Waals surface area contributed by atoms with Crippen molar-refractivity contribution in [3.05, 3.63) is 0 Å². The number of alkyl halides is 2. The number of hydrogen-bond donors (Lipinski definition) is 0. The van der Waals surface area contributed by atoms with E-state index in [1.165, 1.54) is 0 Å². The summed E-state index contributed by atoms with van der Waals surface area (Å²) in [6.07, 6.45) is 0. The van der Waals surface area contributed by atoms with Crippen LogP contribution in [0.1, 0.15) is 0 Å². The highest BCUT2D eigenvalue weighted by atomic mass is 19.3. The molecule has 1 rings (SSSR count). The molecule has 0 unspecified atom stereocenters. The van der Waals surface area contributed by atoms with E-state index in [2.05, 4.69) is 0 Å². The zero-order valence-corrected chi connectivity index (χ0v) is 9.00. The van der Waals surface area contributed by atoms with E-state index in [0.29, 0.717) is 0 Å². The smallest absolute Gasteiger partial charge is 0.288 e. The third kappa shape index (κ3) is 4.09. The molecule has 0 aliphatic carbocycles. The molecule has 15 heavy (non-hydrogen) atoms. The van der Waals surface area contributed by atoms with Crippen molar-refractivity contribution < 1.29 is 18.3 Å². The van der Waals surface area contributed by atoms with Crippen LogP contribution in [0, 0.1) is 0 Å². The average Bonchev–Trinajstić information content (AvgIpc) is 2.25. The predicted molar refractivity (Wildman–Crippen MR) is 50.9 cm³/mol. The maximum atomic E-state index is 13.1. The highest BCUT2D eigenvalue weighted by Gasteiger charge is 2.36. The van der Waals surface area contributed by atoms with Crippen molar-refractivity contribution in [2.45, 2.75) is 5.92 Å². The van der Waals surface area contributed by atoms with Crippen LogP contribution in [-0.2, 0) is 9.53 Å². The lowest BCUT2D eigenvalue weighted by Crippen LogP contribution is -2.44. The lowest BCUT2D eigenvalue weighted by atomic mass is 10.3. The number of carbonyl (C=O) groups is 1. The number of carbonyl (C=O) groups excluding carboxylic acids is 1. The van der Waals surface area contributed by atoms with Crippen LogP contribution in [0.5, 0.6) is 0 Å². The number of rotatable bonds is 2. The summed E-state index contributed by atoms with van der Waals surface area (Å²) < 4.78 is 30.9. The second kappa shape index (κ2) is 4.85. The second-order valence-corrected chi connectivity index (χ2v) is 3.96. The molecule has 1 fully saturated rings. The van der Waals surface area contributed by atoms with Crippen molar-refractivity contribution in [3.63, 3.8) is 0 Å². The molecule has 0 saturated carbocycles. The van der Waals surface area contributed by atoms with Crippen molar-refractivity contribution in [1.82, 2.24) is 9.80 Å². The molecule has 1 heterocycles. The normalized spacial score (nSPS) is 21.5. The Morgan fingerprint density at radius 3 is 2.80 bits per heavy atom. The Kier molecular flexibility index (Phi) is 3.98. The molecule has 88 valence electrons. The van der Waals surface area contributed by atoms with Crippen molar-refractivity contribution in [1.29, 1.82) is 0 Å². The number of amides is 1. The van der Waals surface area contributed by atoms with Crippen molar-refractivity contribution >= 4 is 5.91 Å². The Morgan fingerprint density at radius 1 is 1.53 bits per heavy atom. The molecule has 0 aromatic carbocycles. The number of ether oxygens (including phenoxy) is 1. The van der Waals surface area contributed by atoms with E-state index in [1.807, 2.05) is 0 Å². The molecule has 6 heteroatoms. The van der Waals surface area contributed by atoms with Gasteiger partial charge < -0.3 is 14.5 Å².